The third-order valence-corrected chi connectivity index (χ3v) is 4.96. The lowest BCUT2D eigenvalue weighted by Gasteiger charge is -2.07. The van der Waals surface area contributed by atoms with Crippen LogP contribution in [0.3, 0.4) is 0 Å². The Morgan fingerprint density at radius 2 is 1.76 bits per heavy atom. The van der Waals surface area contributed by atoms with Gasteiger partial charge in [-0.15, -0.1) is 0 Å². The Hall–Kier alpha value is -1.23. The summed E-state index contributed by atoms with van der Waals surface area (Å²) in [5.41, 5.74) is 6.29. The average Bonchev–Trinajstić information content (AvgIpc) is 2.48. The zero-order valence-corrected chi connectivity index (χ0v) is 13.5. The summed E-state index contributed by atoms with van der Waals surface area (Å²) in [6.45, 7) is 0.497. The first-order valence-corrected chi connectivity index (χ1v) is 8.45. The summed E-state index contributed by atoms with van der Waals surface area (Å²) in [6.07, 6.45) is 0.678. The molecule has 2 aromatic carbocycles. The fourth-order valence-corrected chi connectivity index (χ4v) is 3.13. The molecule has 0 aliphatic rings. The number of hydrogen-bond acceptors (Lipinski definition) is 3. The zero-order chi connectivity index (χ0) is 15.2. The van der Waals surface area contributed by atoms with Crippen molar-refractivity contribution in [3.05, 3.63) is 52.5 Å². The van der Waals surface area contributed by atoms with Crippen LogP contribution in [0.4, 0.5) is 5.69 Å². The van der Waals surface area contributed by atoms with Crippen molar-refractivity contribution in [3.8, 4) is 5.75 Å². The molecule has 3 nitrogen and oxygen atoms in total. The minimum atomic E-state index is -1.11. The van der Waals surface area contributed by atoms with Crippen molar-refractivity contribution in [1.82, 2.24) is 0 Å². The third kappa shape index (κ3) is 4.92. The predicted molar refractivity (Wildman–Crippen MR) is 88.7 cm³/mol. The molecule has 0 fully saturated rings. The van der Waals surface area contributed by atoms with Crippen molar-refractivity contribution >= 4 is 39.7 Å². The molecule has 1 unspecified atom stereocenters. The van der Waals surface area contributed by atoms with Crippen molar-refractivity contribution in [2.75, 3.05) is 18.1 Å². The smallest absolute Gasteiger partial charge is 0.119 e. The van der Waals surface area contributed by atoms with Gasteiger partial charge in [0.2, 0.25) is 0 Å². The van der Waals surface area contributed by atoms with E-state index in [1.807, 2.05) is 12.1 Å². The Labute approximate surface area is 136 Å². The molecule has 2 rings (SSSR count). The summed E-state index contributed by atoms with van der Waals surface area (Å²) in [6, 6.07) is 12.2. The van der Waals surface area contributed by atoms with Gasteiger partial charge in [0.25, 0.3) is 0 Å². The maximum Gasteiger partial charge on any atom is 0.119 e. The Morgan fingerprint density at radius 1 is 1.05 bits per heavy atom. The highest BCUT2D eigenvalue weighted by Gasteiger charge is 2.06. The van der Waals surface area contributed by atoms with Crippen LogP contribution >= 0.6 is 23.2 Å². The third-order valence-electron chi connectivity index (χ3n) is 2.78. The van der Waals surface area contributed by atoms with Crippen molar-refractivity contribution < 1.29 is 8.95 Å². The molecule has 0 radical (unpaired) electrons. The molecule has 21 heavy (non-hydrogen) atoms. The minimum absolute atomic E-state index is 0.417. The van der Waals surface area contributed by atoms with Gasteiger partial charge in [-0.05, 0) is 48.9 Å². The molecule has 6 heteroatoms. The average molecular weight is 344 g/mol. The van der Waals surface area contributed by atoms with Crippen LogP contribution in [0.2, 0.25) is 10.0 Å². The molecule has 0 saturated carbocycles. The van der Waals surface area contributed by atoms with E-state index in [9.17, 15) is 4.21 Å². The molecule has 0 aliphatic carbocycles. The molecule has 2 N–H and O–H groups in total. The molecule has 0 heterocycles. The maximum atomic E-state index is 12.1. The van der Waals surface area contributed by atoms with E-state index in [0.717, 1.165) is 5.75 Å². The van der Waals surface area contributed by atoms with Gasteiger partial charge in [0, 0.05) is 16.3 Å². The van der Waals surface area contributed by atoms with Gasteiger partial charge in [-0.2, -0.15) is 0 Å². The summed E-state index contributed by atoms with van der Waals surface area (Å²) in [4.78, 5) is 0.678. The van der Waals surface area contributed by atoms with Gasteiger partial charge in [0.05, 0.1) is 27.5 Å². The molecule has 0 aromatic heterocycles. The molecule has 0 bridgehead atoms. The van der Waals surface area contributed by atoms with Crippen LogP contribution in [-0.4, -0.2) is 16.6 Å². The topological polar surface area (TPSA) is 52.3 Å². The molecular weight excluding hydrogens is 329 g/mol. The van der Waals surface area contributed by atoms with Crippen molar-refractivity contribution in [1.29, 1.82) is 0 Å². The highest BCUT2D eigenvalue weighted by Crippen LogP contribution is 2.24. The predicted octanol–water partition coefficient (Wildman–Crippen LogP) is 4.15. The number of nitrogens with two attached hydrogens (primary N) is 1. The first-order valence-electron chi connectivity index (χ1n) is 6.38. The molecule has 2 aromatic rings. The summed E-state index contributed by atoms with van der Waals surface area (Å²) < 4.78 is 17.7. The number of hydrogen-bond donors (Lipinski definition) is 1. The van der Waals surface area contributed by atoms with Gasteiger partial charge in [0.15, 0.2) is 0 Å². The number of nitrogen functional groups attached to an aromatic ring is 1. The van der Waals surface area contributed by atoms with Crippen LogP contribution in [0.5, 0.6) is 5.75 Å². The lowest BCUT2D eigenvalue weighted by Crippen LogP contribution is -2.05. The second-order valence-corrected chi connectivity index (χ2v) is 6.78. The van der Waals surface area contributed by atoms with E-state index in [1.165, 1.54) is 0 Å². The van der Waals surface area contributed by atoms with Gasteiger partial charge < -0.3 is 10.5 Å². The molecule has 0 saturated heterocycles. The van der Waals surface area contributed by atoms with Crippen LogP contribution in [0.25, 0.3) is 0 Å². The van der Waals surface area contributed by atoms with E-state index < -0.39 is 10.8 Å². The first-order chi connectivity index (χ1) is 10.1. The van der Waals surface area contributed by atoms with E-state index in [1.54, 1.807) is 30.3 Å². The summed E-state index contributed by atoms with van der Waals surface area (Å²) in [7, 11) is -1.11. The second kappa shape index (κ2) is 7.69. The van der Waals surface area contributed by atoms with Crippen LogP contribution in [0, 0.1) is 0 Å². The number of halogens is 2. The quantitative estimate of drug-likeness (QED) is 0.633. The van der Waals surface area contributed by atoms with Crippen LogP contribution in [0.1, 0.15) is 6.42 Å². The number of anilines is 1. The minimum Gasteiger partial charge on any atom is -0.494 e. The standard InChI is InChI=1S/C15H15Cl2NO2S/c16-14-7-6-13(10-15(14)17)21(19)9-1-8-20-12-4-2-11(18)3-5-12/h2-7,10H,1,8-9,18H2. The SMILES string of the molecule is Nc1ccc(OCCCS(=O)c2ccc(Cl)c(Cl)c2)cc1. The highest BCUT2D eigenvalue weighted by molar-refractivity contribution is 7.85. The van der Waals surface area contributed by atoms with E-state index in [4.69, 9.17) is 33.7 Å². The van der Waals surface area contributed by atoms with Crippen LogP contribution in [-0.2, 0) is 10.8 Å². The Kier molecular flexibility index (Phi) is 5.91. The van der Waals surface area contributed by atoms with Gasteiger partial charge in [0.1, 0.15) is 5.75 Å². The largest absolute Gasteiger partial charge is 0.494 e. The first kappa shape index (κ1) is 16.1. The zero-order valence-electron chi connectivity index (χ0n) is 11.2. The molecule has 0 aliphatic heterocycles. The van der Waals surface area contributed by atoms with Crippen molar-refractivity contribution in [2.24, 2.45) is 0 Å². The van der Waals surface area contributed by atoms with Gasteiger partial charge in [-0.25, -0.2) is 0 Å². The van der Waals surface area contributed by atoms with Gasteiger partial charge >= 0.3 is 0 Å². The van der Waals surface area contributed by atoms with E-state index in [0.29, 0.717) is 39.4 Å². The Bertz CT molecular complexity index is 632. The number of ether oxygens (including phenoxy) is 1. The fourth-order valence-electron chi connectivity index (χ4n) is 1.68. The molecular formula is C15H15Cl2NO2S. The monoisotopic (exact) mass is 343 g/mol. The van der Waals surface area contributed by atoms with Crippen LogP contribution in [0.15, 0.2) is 47.4 Å². The van der Waals surface area contributed by atoms with E-state index in [-0.39, 0.29) is 0 Å². The van der Waals surface area contributed by atoms with E-state index >= 15 is 0 Å². The Balaban J connectivity index is 1.79. The van der Waals surface area contributed by atoms with E-state index in [2.05, 4.69) is 0 Å². The van der Waals surface area contributed by atoms with Gasteiger partial charge in [-0.1, -0.05) is 23.2 Å². The highest BCUT2D eigenvalue weighted by atomic mass is 35.5. The Morgan fingerprint density at radius 3 is 2.43 bits per heavy atom. The fraction of sp³-hybridized carbons (Fsp3) is 0.200. The molecule has 0 spiro atoms. The lowest BCUT2D eigenvalue weighted by molar-refractivity contribution is 0.318. The maximum absolute atomic E-state index is 12.1. The summed E-state index contributed by atoms with van der Waals surface area (Å²) in [5, 5.41) is 0.879. The molecule has 1 atom stereocenters. The number of benzene rings is 2. The van der Waals surface area contributed by atoms with Crippen molar-refractivity contribution in [2.45, 2.75) is 11.3 Å². The lowest BCUT2D eigenvalue weighted by atomic mass is 10.3. The van der Waals surface area contributed by atoms with Crippen LogP contribution < -0.4 is 10.5 Å². The normalized spacial score (nSPS) is 12.1. The molecule has 112 valence electrons. The van der Waals surface area contributed by atoms with Crippen molar-refractivity contribution in [3.63, 3.8) is 0 Å². The summed E-state index contributed by atoms with van der Waals surface area (Å²) >= 11 is 11.7. The summed E-state index contributed by atoms with van der Waals surface area (Å²) in [5.74, 6) is 1.26. The molecule has 0 amide bonds. The van der Waals surface area contributed by atoms with Gasteiger partial charge in [-0.3, -0.25) is 4.21 Å². The number of rotatable bonds is 6. The second-order valence-electron chi connectivity index (χ2n) is 4.40.